The maximum Gasteiger partial charge on any atom is 0.190 e. The second-order valence-electron chi connectivity index (χ2n) is 10.3. The van der Waals surface area contributed by atoms with Crippen LogP contribution in [0.1, 0.15) is 107 Å². The SMILES string of the molecule is COc1cc2c(cc1OC)C(=O)C(CC=C(C)CCC=C(C)CCC=C(C)CCC=C(C)C)=C(C)C2=O. The zero-order valence-electron chi connectivity index (χ0n) is 24.0. The Hall–Kier alpha value is -3.14. The predicted octanol–water partition coefficient (Wildman–Crippen LogP) is 8.94. The van der Waals surface area contributed by atoms with E-state index in [1.165, 1.54) is 36.5 Å². The zero-order chi connectivity index (χ0) is 27.5. The van der Waals surface area contributed by atoms with Crippen LogP contribution < -0.4 is 9.47 Å². The summed E-state index contributed by atoms with van der Waals surface area (Å²) in [6, 6.07) is 3.22. The molecule has 0 aromatic heterocycles. The highest BCUT2D eigenvalue weighted by molar-refractivity contribution is 6.27. The molecular weight excluding hydrogens is 460 g/mol. The number of allylic oxidation sites excluding steroid dienone is 10. The van der Waals surface area contributed by atoms with Crippen molar-refractivity contribution < 1.29 is 19.1 Å². The number of hydrogen-bond acceptors (Lipinski definition) is 4. The quantitative estimate of drug-likeness (QED) is 0.252. The third kappa shape index (κ3) is 8.73. The third-order valence-electron chi connectivity index (χ3n) is 6.89. The van der Waals surface area contributed by atoms with Crippen LogP contribution in [-0.4, -0.2) is 25.8 Å². The van der Waals surface area contributed by atoms with Crippen LogP contribution in [0.4, 0.5) is 0 Å². The fourth-order valence-electron chi connectivity index (χ4n) is 4.44. The van der Waals surface area contributed by atoms with Gasteiger partial charge in [0.15, 0.2) is 23.1 Å². The first kappa shape index (κ1) is 30.1. The number of hydrogen-bond donors (Lipinski definition) is 0. The molecule has 0 saturated carbocycles. The Morgan fingerprint density at radius 1 is 0.676 bits per heavy atom. The molecule has 1 aliphatic rings. The molecular formula is C33H44O4. The van der Waals surface area contributed by atoms with Crippen molar-refractivity contribution in [2.45, 2.75) is 86.5 Å². The smallest absolute Gasteiger partial charge is 0.190 e. The molecule has 0 saturated heterocycles. The van der Waals surface area contributed by atoms with Crippen molar-refractivity contribution in [2.75, 3.05) is 14.2 Å². The van der Waals surface area contributed by atoms with E-state index in [1.807, 2.05) is 0 Å². The molecule has 1 aliphatic carbocycles. The van der Waals surface area contributed by atoms with E-state index >= 15 is 0 Å². The summed E-state index contributed by atoms with van der Waals surface area (Å²) in [4.78, 5) is 26.2. The van der Waals surface area contributed by atoms with E-state index in [0.29, 0.717) is 40.2 Å². The summed E-state index contributed by atoms with van der Waals surface area (Å²) in [5.74, 6) is 0.654. The topological polar surface area (TPSA) is 52.6 Å². The monoisotopic (exact) mass is 504 g/mol. The molecule has 0 heterocycles. The van der Waals surface area contributed by atoms with Crippen molar-refractivity contribution in [3.63, 3.8) is 0 Å². The molecule has 0 radical (unpaired) electrons. The van der Waals surface area contributed by atoms with E-state index in [-0.39, 0.29) is 11.6 Å². The van der Waals surface area contributed by atoms with E-state index in [4.69, 9.17) is 9.47 Å². The average molecular weight is 505 g/mol. The van der Waals surface area contributed by atoms with Crippen molar-refractivity contribution in [2.24, 2.45) is 0 Å². The van der Waals surface area contributed by atoms with Crippen molar-refractivity contribution in [3.8, 4) is 11.5 Å². The van der Waals surface area contributed by atoms with Crippen LogP contribution in [0.2, 0.25) is 0 Å². The van der Waals surface area contributed by atoms with Gasteiger partial charge in [0.1, 0.15) is 0 Å². The molecule has 0 N–H and O–H groups in total. The maximum absolute atomic E-state index is 13.2. The van der Waals surface area contributed by atoms with Gasteiger partial charge in [-0.2, -0.15) is 0 Å². The highest BCUT2D eigenvalue weighted by atomic mass is 16.5. The van der Waals surface area contributed by atoms with E-state index < -0.39 is 0 Å². The minimum atomic E-state index is -0.128. The van der Waals surface area contributed by atoms with Crippen LogP contribution in [0.15, 0.2) is 69.9 Å². The Balaban J connectivity index is 1.94. The number of fused-ring (bicyclic) bond motifs is 1. The molecule has 1 aromatic rings. The Morgan fingerprint density at radius 2 is 1.11 bits per heavy atom. The molecule has 37 heavy (non-hydrogen) atoms. The van der Waals surface area contributed by atoms with Gasteiger partial charge in [0, 0.05) is 22.3 Å². The largest absolute Gasteiger partial charge is 0.493 e. The standard InChI is InChI=1S/C33H44O4/c1-22(2)12-9-13-23(3)14-10-15-24(4)16-11-17-25(5)18-19-27-26(6)32(34)28-20-30(36-7)31(37-8)21-29(28)33(27)35/h12,14,16,18,20-21H,9-11,13,15,17,19H2,1-8H3. The number of carbonyl (C=O) groups excluding carboxylic acids is 2. The summed E-state index contributed by atoms with van der Waals surface area (Å²) >= 11 is 0. The van der Waals surface area contributed by atoms with Gasteiger partial charge in [0.05, 0.1) is 14.2 Å². The molecule has 0 fully saturated rings. The first-order valence-electron chi connectivity index (χ1n) is 13.2. The van der Waals surface area contributed by atoms with Crippen molar-refractivity contribution in [3.05, 3.63) is 81.0 Å². The van der Waals surface area contributed by atoms with Crippen LogP contribution in [-0.2, 0) is 0 Å². The summed E-state index contributed by atoms with van der Waals surface area (Å²) < 4.78 is 10.7. The van der Waals surface area contributed by atoms with Gasteiger partial charge < -0.3 is 9.47 Å². The third-order valence-corrected chi connectivity index (χ3v) is 6.89. The zero-order valence-corrected chi connectivity index (χ0v) is 24.0. The lowest BCUT2D eigenvalue weighted by Crippen LogP contribution is -2.21. The van der Waals surface area contributed by atoms with E-state index in [0.717, 1.165) is 38.5 Å². The summed E-state index contributed by atoms with van der Waals surface area (Å²) in [5, 5.41) is 0. The Labute approximate surface area is 223 Å². The molecule has 0 bridgehead atoms. The van der Waals surface area contributed by atoms with Crippen LogP contribution in [0.5, 0.6) is 11.5 Å². The number of rotatable bonds is 13. The van der Waals surface area contributed by atoms with Crippen LogP contribution in [0.25, 0.3) is 0 Å². The number of methoxy groups -OCH3 is 2. The van der Waals surface area contributed by atoms with Gasteiger partial charge in [-0.05, 0) is 98.6 Å². The minimum Gasteiger partial charge on any atom is -0.493 e. The van der Waals surface area contributed by atoms with Crippen LogP contribution >= 0.6 is 0 Å². The molecule has 0 unspecified atom stereocenters. The van der Waals surface area contributed by atoms with Gasteiger partial charge in [-0.25, -0.2) is 0 Å². The van der Waals surface area contributed by atoms with Crippen molar-refractivity contribution in [1.82, 2.24) is 0 Å². The Morgan fingerprint density at radius 3 is 1.57 bits per heavy atom. The molecule has 200 valence electrons. The fourth-order valence-corrected chi connectivity index (χ4v) is 4.44. The molecule has 4 heteroatoms. The number of Topliss-reactive ketones (excluding diaryl/α,β-unsaturated/α-hetero) is 2. The highest BCUT2D eigenvalue weighted by Gasteiger charge is 2.31. The molecule has 0 spiro atoms. The Bertz CT molecular complexity index is 1150. The number of benzene rings is 1. The normalized spacial score (nSPS) is 14.6. The van der Waals surface area contributed by atoms with Gasteiger partial charge in [-0.3, -0.25) is 9.59 Å². The van der Waals surface area contributed by atoms with Gasteiger partial charge in [0.2, 0.25) is 0 Å². The molecule has 0 aliphatic heterocycles. The van der Waals surface area contributed by atoms with E-state index in [9.17, 15) is 9.59 Å². The van der Waals surface area contributed by atoms with Gasteiger partial charge in [-0.15, -0.1) is 0 Å². The molecule has 4 nitrogen and oxygen atoms in total. The first-order chi connectivity index (χ1) is 17.6. The lowest BCUT2D eigenvalue weighted by molar-refractivity contribution is 0.0972. The summed E-state index contributed by atoms with van der Waals surface area (Å²) in [6.45, 7) is 12.5. The predicted molar refractivity (Wildman–Crippen MR) is 154 cm³/mol. The first-order valence-corrected chi connectivity index (χ1v) is 13.2. The van der Waals surface area contributed by atoms with Crippen LogP contribution in [0.3, 0.4) is 0 Å². The average Bonchev–Trinajstić information content (AvgIpc) is 2.86. The molecule has 2 rings (SSSR count). The van der Waals surface area contributed by atoms with E-state index in [1.54, 1.807) is 19.1 Å². The molecule has 0 atom stereocenters. The van der Waals surface area contributed by atoms with Gasteiger partial charge in [-0.1, -0.05) is 46.6 Å². The fraction of sp³-hybridized carbons (Fsp3) is 0.455. The van der Waals surface area contributed by atoms with Crippen molar-refractivity contribution in [1.29, 1.82) is 0 Å². The molecule has 0 amide bonds. The van der Waals surface area contributed by atoms with Crippen molar-refractivity contribution >= 4 is 11.6 Å². The van der Waals surface area contributed by atoms with Gasteiger partial charge >= 0.3 is 0 Å². The van der Waals surface area contributed by atoms with E-state index in [2.05, 4.69) is 58.9 Å². The number of carbonyl (C=O) groups is 2. The lowest BCUT2D eigenvalue weighted by atomic mass is 9.82. The van der Waals surface area contributed by atoms with Crippen LogP contribution in [0, 0.1) is 0 Å². The van der Waals surface area contributed by atoms with Gasteiger partial charge in [0.25, 0.3) is 0 Å². The highest BCUT2D eigenvalue weighted by Crippen LogP contribution is 2.36. The lowest BCUT2D eigenvalue weighted by Gasteiger charge is -2.20. The second kappa shape index (κ2) is 14.6. The molecule has 1 aromatic carbocycles. The minimum absolute atomic E-state index is 0.114. The maximum atomic E-state index is 13.2. The second-order valence-corrected chi connectivity index (χ2v) is 10.3. The summed E-state index contributed by atoms with van der Waals surface area (Å²) in [7, 11) is 3.04. The number of ketones is 2. The summed E-state index contributed by atoms with van der Waals surface area (Å²) in [6.07, 6.45) is 15.8. The summed E-state index contributed by atoms with van der Waals surface area (Å²) in [5.41, 5.74) is 7.30. The number of ether oxygens (including phenoxy) is 2. The Kier molecular flexibility index (Phi) is 11.8.